The zero-order chi connectivity index (χ0) is 18.8. The van der Waals surface area contributed by atoms with Crippen molar-refractivity contribution in [2.75, 3.05) is 26.3 Å². The number of ether oxygens (including phenoxy) is 1. The van der Waals surface area contributed by atoms with E-state index in [1.807, 2.05) is 0 Å². The van der Waals surface area contributed by atoms with Gasteiger partial charge < -0.3 is 15.8 Å². The molecule has 0 saturated carbocycles. The van der Waals surface area contributed by atoms with Gasteiger partial charge in [-0.1, -0.05) is 44.5 Å². The van der Waals surface area contributed by atoms with E-state index in [4.69, 9.17) is 10.5 Å². The van der Waals surface area contributed by atoms with Gasteiger partial charge in [0.2, 0.25) is 5.91 Å². The fourth-order valence-corrected chi connectivity index (χ4v) is 3.42. The summed E-state index contributed by atoms with van der Waals surface area (Å²) in [5, 5.41) is 3.01. The van der Waals surface area contributed by atoms with Gasteiger partial charge in [0.25, 0.3) is 0 Å². The van der Waals surface area contributed by atoms with Gasteiger partial charge in [-0.2, -0.15) is 0 Å². The van der Waals surface area contributed by atoms with Crippen LogP contribution in [0.3, 0.4) is 0 Å². The first kappa shape index (κ1) is 27.1. The Kier molecular flexibility index (Phi) is 14.6. The predicted molar refractivity (Wildman–Crippen MR) is 120 cm³/mol. The largest absolute Gasteiger partial charge is 0.381 e. The van der Waals surface area contributed by atoms with Crippen LogP contribution in [0.1, 0.15) is 50.7 Å². The Morgan fingerprint density at radius 2 is 1.93 bits per heavy atom. The van der Waals surface area contributed by atoms with Gasteiger partial charge in [0, 0.05) is 26.3 Å². The van der Waals surface area contributed by atoms with Crippen LogP contribution in [0, 0.1) is 5.92 Å². The summed E-state index contributed by atoms with van der Waals surface area (Å²) >= 11 is 0. The molecule has 0 radical (unpaired) electrons. The van der Waals surface area contributed by atoms with Crippen molar-refractivity contribution in [3.8, 4) is 0 Å². The molecule has 28 heavy (non-hydrogen) atoms. The minimum atomic E-state index is -0.438. The number of rotatable bonds is 10. The molecule has 1 aromatic carbocycles. The molecule has 5 nitrogen and oxygen atoms in total. The van der Waals surface area contributed by atoms with Gasteiger partial charge in [-0.25, -0.2) is 0 Å². The van der Waals surface area contributed by atoms with Gasteiger partial charge in [0.05, 0.1) is 6.04 Å². The molecular formula is C21H37Cl2N3O2. The second kappa shape index (κ2) is 15.1. The molecule has 0 spiro atoms. The fourth-order valence-electron chi connectivity index (χ4n) is 3.42. The Bertz CT molecular complexity index is 554. The highest BCUT2D eigenvalue weighted by molar-refractivity contribution is 5.85. The second-order valence-electron chi connectivity index (χ2n) is 7.24. The van der Waals surface area contributed by atoms with Crippen molar-refractivity contribution in [3.05, 3.63) is 35.4 Å². The van der Waals surface area contributed by atoms with Gasteiger partial charge in [-0.3, -0.25) is 9.69 Å². The first-order chi connectivity index (χ1) is 12.6. The number of hydrogen-bond donors (Lipinski definition) is 2. The summed E-state index contributed by atoms with van der Waals surface area (Å²) in [6.07, 6.45) is 4.19. The summed E-state index contributed by atoms with van der Waals surface area (Å²) in [5.41, 5.74) is 8.56. The fraction of sp³-hybridized carbons (Fsp3) is 0.667. The molecular weight excluding hydrogens is 397 g/mol. The van der Waals surface area contributed by atoms with E-state index in [0.29, 0.717) is 19.8 Å². The molecule has 1 atom stereocenters. The van der Waals surface area contributed by atoms with E-state index in [2.05, 4.69) is 48.3 Å². The van der Waals surface area contributed by atoms with Crippen molar-refractivity contribution in [1.29, 1.82) is 0 Å². The molecule has 1 fully saturated rings. The molecule has 1 heterocycles. The zero-order valence-corrected chi connectivity index (χ0v) is 18.8. The third kappa shape index (κ3) is 9.10. The van der Waals surface area contributed by atoms with Crippen molar-refractivity contribution in [1.82, 2.24) is 10.2 Å². The van der Waals surface area contributed by atoms with Crippen LogP contribution >= 0.6 is 24.8 Å². The van der Waals surface area contributed by atoms with Crippen molar-refractivity contribution in [3.63, 3.8) is 0 Å². The molecule has 1 saturated heterocycles. The molecule has 2 rings (SSSR count). The van der Waals surface area contributed by atoms with E-state index < -0.39 is 6.04 Å². The maximum absolute atomic E-state index is 12.4. The summed E-state index contributed by atoms with van der Waals surface area (Å²) < 4.78 is 5.35. The number of nitrogens with two attached hydrogens (primary N) is 1. The van der Waals surface area contributed by atoms with Crippen LogP contribution in [0.25, 0.3) is 0 Å². The first-order valence-corrected chi connectivity index (χ1v) is 10.0. The minimum Gasteiger partial charge on any atom is -0.381 e. The van der Waals surface area contributed by atoms with Crippen LogP contribution in [0.4, 0.5) is 0 Å². The smallest absolute Gasteiger partial charge is 0.237 e. The Morgan fingerprint density at radius 1 is 1.25 bits per heavy atom. The molecule has 0 aliphatic carbocycles. The molecule has 0 bridgehead atoms. The topological polar surface area (TPSA) is 67.6 Å². The number of nitrogens with zero attached hydrogens (tertiary/aromatic N) is 1. The van der Waals surface area contributed by atoms with Gasteiger partial charge in [0.1, 0.15) is 0 Å². The zero-order valence-electron chi connectivity index (χ0n) is 17.2. The van der Waals surface area contributed by atoms with E-state index in [0.717, 1.165) is 38.0 Å². The number of carbonyl (C=O) groups excluding carboxylic acids is 1. The van der Waals surface area contributed by atoms with Crippen LogP contribution in [0.2, 0.25) is 0 Å². The number of carbonyl (C=O) groups is 1. The maximum atomic E-state index is 12.4. The van der Waals surface area contributed by atoms with E-state index in [1.165, 1.54) is 18.4 Å². The van der Waals surface area contributed by atoms with Gasteiger partial charge in [0.15, 0.2) is 0 Å². The molecule has 1 amide bonds. The van der Waals surface area contributed by atoms with Gasteiger partial charge in [-0.15, -0.1) is 24.8 Å². The number of amides is 1. The Balaban J connectivity index is 0.00000364. The summed E-state index contributed by atoms with van der Waals surface area (Å²) in [4.78, 5) is 14.8. The van der Waals surface area contributed by atoms with Crippen molar-refractivity contribution >= 4 is 30.7 Å². The van der Waals surface area contributed by atoms with Crippen molar-refractivity contribution in [2.45, 2.75) is 58.7 Å². The number of nitrogens with one attached hydrogen (secondary N) is 1. The molecule has 0 aromatic heterocycles. The third-order valence-corrected chi connectivity index (χ3v) is 5.22. The lowest BCUT2D eigenvalue weighted by Gasteiger charge is -2.26. The summed E-state index contributed by atoms with van der Waals surface area (Å²) in [6, 6.07) is 8.05. The Morgan fingerprint density at radius 3 is 2.57 bits per heavy atom. The molecule has 1 aliphatic rings. The van der Waals surface area contributed by atoms with E-state index >= 15 is 0 Å². The molecule has 1 unspecified atom stereocenters. The van der Waals surface area contributed by atoms with E-state index in [-0.39, 0.29) is 36.6 Å². The number of benzene rings is 1. The van der Waals surface area contributed by atoms with Crippen molar-refractivity contribution in [2.24, 2.45) is 11.7 Å². The van der Waals surface area contributed by atoms with Gasteiger partial charge in [-0.05, 0) is 49.4 Å². The van der Waals surface area contributed by atoms with Crippen LogP contribution in [0.5, 0.6) is 0 Å². The average molecular weight is 434 g/mol. The van der Waals surface area contributed by atoms with E-state index in [1.54, 1.807) is 0 Å². The summed E-state index contributed by atoms with van der Waals surface area (Å²) in [5.74, 6) is 0.173. The van der Waals surface area contributed by atoms with Crippen LogP contribution in [-0.2, 0) is 22.6 Å². The highest BCUT2D eigenvalue weighted by Gasteiger charge is 2.26. The third-order valence-electron chi connectivity index (χ3n) is 5.22. The number of halogens is 2. The van der Waals surface area contributed by atoms with Crippen molar-refractivity contribution < 1.29 is 9.53 Å². The lowest BCUT2D eigenvalue weighted by molar-refractivity contribution is -0.124. The standard InChI is InChI=1S/C21H35N3O2.2ClH/c1-3-5-11-24(4-2)16-18-8-6-7-17(14-18)15-23-21(25)20(22)19-9-12-26-13-10-19;;/h6-8,14,19-20H,3-5,9-13,15-16,22H2,1-2H3,(H,23,25);2*1H. The molecule has 162 valence electrons. The maximum Gasteiger partial charge on any atom is 0.237 e. The van der Waals surface area contributed by atoms with Crippen LogP contribution < -0.4 is 11.1 Å². The Labute approximate surface area is 182 Å². The molecule has 3 N–H and O–H groups in total. The molecule has 1 aliphatic heterocycles. The number of hydrogen-bond acceptors (Lipinski definition) is 4. The molecule has 7 heteroatoms. The molecule has 1 aromatic rings. The lowest BCUT2D eigenvalue weighted by atomic mass is 9.92. The first-order valence-electron chi connectivity index (χ1n) is 10.0. The van der Waals surface area contributed by atoms with Crippen LogP contribution in [0.15, 0.2) is 24.3 Å². The monoisotopic (exact) mass is 433 g/mol. The quantitative estimate of drug-likeness (QED) is 0.591. The Hall–Kier alpha value is -0.850. The van der Waals surface area contributed by atoms with Gasteiger partial charge >= 0.3 is 0 Å². The second-order valence-corrected chi connectivity index (χ2v) is 7.24. The SMILES string of the molecule is CCCCN(CC)Cc1cccc(CNC(=O)C(N)C2CCOCC2)c1.Cl.Cl. The number of unbranched alkanes of at least 4 members (excludes halogenated alkanes) is 1. The predicted octanol–water partition coefficient (Wildman–Crippen LogP) is 3.52. The summed E-state index contributed by atoms with van der Waals surface area (Å²) in [7, 11) is 0. The highest BCUT2D eigenvalue weighted by Crippen LogP contribution is 2.18. The minimum absolute atomic E-state index is 0. The lowest BCUT2D eigenvalue weighted by Crippen LogP contribution is -2.46. The van der Waals surface area contributed by atoms with Crippen LogP contribution in [-0.4, -0.2) is 43.2 Å². The summed E-state index contributed by atoms with van der Waals surface area (Å²) in [6.45, 7) is 9.53. The average Bonchev–Trinajstić information content (AvgIpc) is 2.69. The van der Waals surface area contributed by atoms with E-state index in [9.17, 15) is 4.79 Å². The normalized spacial score (nSPS) is 15.4. The highest BCUT2D eigenvalue weighted by atomic mass is 35.5.